The van der Waals surface area contributed by atoms with Crippen LogP contribution in [0.15, 0.2) is 0 Å². The van der Waals surface area contributed by atoms with Crippen LogP contribution in [0.2, 0.25) is 0 Å². The zero-order valence-electron chi connectivity index (χ0n) is 5.93. The van der Waals surface area contributed by atoms with E-state index in [0.717, 1.165) is 0 Å². The standard InChI is InChI=1S/7ClH.Co.5H2N/h7*1H;;5*1H2/q;;;;;;;+10;5*-1/p-5. The second-order valence-electron chi connectivity index (χ2n) is 3.41. The molecule has 5 nitrogen and oxygen atoms in total. The number of hydrogen-bond acceptors (Lipinski definition) is 5. The van der Waals surface area contributed by atoms with E-state index < -0.39 is 2.94 Å². The van der Waals surface area contributed by atoms with Crippen molar-refractivity contribution in [3.8, 4) is 0 Å². The second kappa shape index (κ2) is 1.14. The van der Waals surface area contributed by atoms with E-state index in [2.05, 4.69) is 0 Å². The van der Waals surface area contributed by atoms with E-state index in [-0.39, 0.29) is 24.8 Å². The van der Waals surface area contributed by atoms with Gasteiger partial charge in [0.05, 0.1) is 0 Å². The molecule has 0 amide bonds. The molecule has 0 aliphatic rings. The molecular formula is H12Cl7CoN5. The van der Waals surface area contributed by atoms with E-state index in [1.807, 2.05) is 0 Å². The van der Waals surface area contributed by atoms with Crippen LogP contribution in [-0.4, -0.2) is 0 Å². The predicted molar refractivity (Wildman–Crippen MR) is 64.7 cm³/mol. The summed E-state index contributed by atoms with van der Waals surface area (Å²) in [6, 6.07) is 0. The maximum absolute atomic E-state index is 9.00. The summed E-state index contributed by atoms with van der Waals surface area (Å²) in [5, 5.41) is 0. The van der Waals surface area contributed by atoms with Gasteiger partial charge < -0.3 is 0 Å². The summed E-state index contributed by atoms with van der Waals surface area (Å²) in [5.74, 6) is 0. The predicted octanol–water partition coefficient (Wildman–Crippen LogP) is 1.34. The molecule has 0 fully saturated rings. The molecule has 0 aromatic heterocycles. The average Bonchev–Trinajstić information content (AvgIpc) is 0.439. The van der Waals surface area contributed by atoms with Crippen LogP contribution >= 0.6 is 75.5 Å². The first-order valence-corrected chi connectivity index (χ1v) is 11.8. The first-order chi connectivity index (χ1) is 3.16. The Bertz CT molecular complexity index is 264. The van der Waals surface area contributed by atoms with Crippen LogP contribution < -0.4 is 23.9 Å². The van der Waals surface area contributed by atoms with Crippen LogP contribution in [0.1, 0.15) is 0 Å². The van der Waals surface area contributed by atoms with Gasteiger partial charge in [-0.05, 0) is 0 Å². The molecule has 0 saturated carbocycles. The van der Waals surface area contributed by atoms with E-state index in [4.69, 9.17) is 74.6 Å². The third-order valence-electron chi connectivity index (χ3n) is 0. The molecule has 10 N–H and O–H groups in total. The van der Waals surface area contributed by atoms with Crippen molar-refractivity contribution in [3.63, 3.8) is 0 Å². The quantitative estimate of drug-likeness (QED) is 0.427. The van der Waals surface area contributed by atoms with Crippen molar-refractivity contribution in [2.75, 3.05) is 0 Å². The van der Waals surface area contributed by atoms with Crippen molar-refractivity contribution in [2.24, 2.45) is 23.9 Å². The number of hydrogen-bond donors (Lipinski definition) is 5. The third kappa shape index (κ3) is 400. The molecular weight excluding hydrogens is 377 g/mol. The average molecular weight is 389 g/mol. The SMILES string of the molecule is Cl.Cl.[NH2][Co]([NH2])([NH2])([NH2])([NH2])([Cl])([Cl])([Cl])([Cl])[Cl]. The summed E-state index contributed by atoms with van der Waals surface area (Å²) in [5.41, 5.74) is 0. The molecule has 13 heteroatoms. The van der Waals surface area contributed by atoms with Crippen LogP contribution in [0.5, 0.6) is 0 Å². The van der Waals surface area contributed by atoms with E-state index in [1.54, 1.807) is 0 Å². The fourth-order valence-electron chi connectivity index (χ4n) is 0. The van der Waals surface area contributed by atoms with Crippen molar-refractivity contribution in [1.82, 2.24) is 0 Å². The summed E-state index contributed by atoms with van der Waals surface area (Å²) < 4.78 is -9.00. The minimum atomic E-state index is -9.00. The third-order valence-corrected chi connectivity index (χ3v) is 0. The van der Waals surface area contributed by atoms with Gasteiger partial charge >= 0.3 is 77.6 Å². The van der Waals surface area contributed by atoms with Gasteiger partial charge in [0.25, 0.3) is 0 Å². The van der Waals surface area contributed by atoms with Gasteiger partial charge in [0, 0.05) is 0 Å². The van der Waals surface area contributed by atoms with Gasteiger partial charge in [-0.2, -0.15) is 0 Å². The van der Waals surface area contributed by atoms with E-state index >= 15 is 0 Å². The Kier molecular flexibility index (Phi) is 1.81. The van der Waals surface area contributed by atoms with E-state index in [1.165, 1.54) is 0 Å². The summed E-state index contributed by atoms with van der Waals surface area (Å²) >= 11 is 0. The molecule has 0 radical (unpaired) electrons. The Balaban J connectivity index is -0.000000500. The molecule has 13 heavy (non-hydrogen) atoms. The Morgan fingerprint density at radius 1 is 0.538 bits per heavy atom. The van der Waals surface area contributed by atoms with Gasteiger partial charge in [0.15, 0.2) is 0 Å². The Morgan fingerprint density at radius 2 is 0.538 bits per heavy atom. The molecule has 0 atom stereocenters. The Labute approximate surface area is 101 Å². The zero-order valence-corrected chi connectivity index (χ0v) is 12.4. The molecule has 0 heterocycles. The van der Waals surface area contributed by atoms with Crippen molar-refractivity contribution in [3.05, 3.63) is 0 Å². The van der Waals surface area contributed by atoms with Gasteiger partial charge in [-0.1, -0.05) is 0 Å². The molecule has 0 aliphatic heterocycles. The summed E-state index contributed by atoms with van der Waals surface area (Å²) in [6.45, 7) is 0. The Hall–Kier alpha value is 2.34. The molecule has 0 rings (SSSR count). The molecule has 0 aromatic rings. The molecule has 0 unspecified atom stereocenters. The van der Waals surface area contributed by atoms with Gasteiger partial charge in [0.1, 0.15) is 0 Å². The number of halogens is 7. The second-order valence-corrected chi connectivity index (χ2v) is 44.7. The van der Waals surface area contributed by atoms with E-state index in [9.17, 15) is 0 Å². The topological polar surface area (TPSA) is 130 Å². The van der Waals surface area contributed by atoms with Crippen LogP contribution in [0.25, 0.3) is 0 Å². The fourth-order valence-corrected chi connectivity index (χ4v) is 0. The molecule has 0 bridgehead atoms. The zero-order chi connectivity index (χ0) is 10.3. The van der Waals surface area contributed by atoms with Crippen molar-refractivity contribution < 1.29 is 2.94 Å². The van der Waals surface area contributed by atoms with Crippen molar-refractivity contribution in [2.45, 2.75) is 0 Å². The number of nitrogens with two attached hydrogens (primary N) is 5. The minimum absolute atomic E-state index is 0. The molecule has 0 aromatic carbocycles. The molecule has 0 saturated heterocycles. The normalized spacial score (nSPS) is 33.1. The fraction of sp³-hybridized carbons (Fsp3) is 0. The van der Waals surface area contributed by atoms with Gasteiger partial charge in [-0.3, -0.25) is 0 Å². The first-order valence-electron chi connectivity index (χ1n) is 1.59. The van der Waals surface area contributed by atoms with Gasteiger partial charge in [-0.15, -0.1) is 24.8 Å². The van der Waals surface area contributed by atoms with Crippen LogP contribution in [0.4, 0.5) is 0 Å². The van der Waals surface area contributed by atoms with Gasteiger partial charge in [-0.25, -0.2) is 0 Å². The molecule has 0 spiro atoms. The maximum atomic E-state index is 5.12. The van der Waals surface area contributed by atoms with Gasteiger partial charge in [0.2, 0.25) is 0 Å². The number of rotatable bonds is 0. The van der Waals surface area contributed by atoms with E-state index in [0.29, 0.717) is 0 Å². The first kappa shape index (κ1) is 20.7. The summed E-state index contributed by atoms with van der Waals surface area (Å²) in [4.78, 5) is 24.3. The van der Waals surface area contributed by atoms with Crippen molar-refractivity contribution in [1.29, 1.82) is 0 Å². The summed E-state index contributed by atoms with van der Waals surface area (Å²) in [6.07, 6.45) is 0. The summed E-state index contributed by atoms with van der Waals surface area (Å²) in [7, 11) is 25.6. The van der Waals surface area contributed by atoms with Crippen molar-refractivity contribution >= 4 is 75.5 Å². The monoisotopic (exact) mass is 386 g/mol. The van der Waals surface area contributed by atoms with Crippen LogP contribution in [-0.2, 0) is 2.94 Å². The molecule has 0 aliphatic carbocycles. The van der Waals surface area contributed by atoms with Crippen LogP contribution in [0, 0.1) is 0 Å². The van der Waals surface area contributed by atoms with Crippen LogP contribution in [0.3, 0.4) is 0 Å². The molecule has 95 valence electrons. The Morgan fingerprint density at radius 3 is 0.538 bits per heavy atom.